The van der Waals surface area contributed by atoms with Gasteiger partial charge in [0.05, 0.1) is 5.25 Å². The van der Waals surface area contributed by atoms with Gasteiger partial charge in [-0.15, -0.1) is 0 Å². The molecule has 1 saturated heterocycles. The summed E-state index contributed by atoms with van der Waals surface area (Å²) in [6, 6.07) is 0.804. The van der Waals surface area contributed by atoms with Gasteiger partial charge < -0.3 is 0 Å². The predicted molar refractivity (Wildman–Crippen MR) is 49.8 cm³/mol. The summed E-state index contributed by atoms with van der Waals surface area (Å²) in [6.45, 7) is 0. The number of fused-ring (bicyclic) bond motifs is 1. The zero-order chi connectivity index (χ0) is 9.05. The van der Waals surface area contributed by atoms with Gasteiger partial charge in [-0.2, -0.15) is 4.31 Å². The lowest BCUT2D eigenvalue weighted by atomic mass is 10.0. The molecule has 3 fully saturated rings. The molecule has 1 aliphatic heterocycles. The van der Waals surface area contributed by atoms with Crippen LogP contribution in [0.15, 0.2) is 0 Å². The van der Waals surface area contributed by atoms with Crippen molar-refractivity contribution >= 4 is 10.0 Å². The molecule has 0 aromatic carbocycles. The van der Waals surface area contributed by atoms with Crippen LogP contribution in [0.3, 0.4) is 0 Å². The van der Waals surface area contributed by atoms with Gasteiger partial charge in [-0.05, 0) is 25.7 Å². The Morgan fingerprint density at radius 2 is 1.46 bits per heavy atom. The van der Waals surface area contributed by atoms with Gasteiger partial charge in [0.25, 0.3) is 0 Å². The molecule has 2 unspecified atom stereocenters. The third kappa shape index (κ3) is 1.15. The second-order valence-corrected chi connectivity index (χ2v) is 6.61. The zero-order valence-corrected chi connectivity index (χ0v) is 8.46. The highest BCUT2D eigenvalue weighted by Crippen LogP contribution is 2.47. The average molecular weight is 201 g/mol. The van der Waals surface area contributed by atoms with E-state index in [-0.39, 0.29) is 5.25 Å². The van der Waals surface area contributed by atoms with E-state index in [9.17, 15) is 8.42 Å². The van der Waals surface area contributed by atoms with E-state index in [0.717, 1.165) is 25.7 Å². The van der Waals surface area contributed by atoms with Crippen LogP contribution in [0.2, 0.25) is 0 Å². The topological polar surface area (TPSA) is 37.1 Å². The average Bonchev–Trinajstić information content (AvgIpc) is 2.99. The Balaban J connectivity index is 1.80. The third-order valence-corrected chi connectivity index (χ3v) is 5.94. The van der Waals surface area contributed by atoms with E-state index >= 15 is 0 Å². The van der Waals surface area contributed by atoms with Crippen molar-refractivity contribution in [2.24, 2.45) is 0 Å². The van der Waals surface area contributed by atoms with Crippen LogP contribution in [-0.4, -0.2) is 30.1 Å². The molecule has 2 saturated carbocycles. The first kappa shape index (κ1) is 8.24. The first-order valence-electron chi connectivity index (χ1n) is 5.23. The Kier molecular flexibility index (Phi) is 1.57. The molecule has 4 heteroatoms. The van der Waals surface area contributed by atoms with Crippen LogP contribution in [-0.2, 0) is 10.0 Å². The van der Waals surface area contributed by atoms with Crippen LogP contribution in [0.25, 0.3) is 0 Å². The summed E-state index contributed by atoms with van der Waals surface area (Å²) in [5, 5.41) is -0.00176. The number of hydrogen-bond acceptors (Lipinski definition) is 2. The van der Waals surface area contributed by atoms with Crippen molar-refractivity contribution < 1.29 is 8.42 Å². The number of rotatable bonds is 2. The van der Waals surface area contributed by atoms with E-state index in [1.165, 1.54) is 12.8 Å². The summed E-state index contributed by atoms with van der Waals surface area (Å²) < 4.78 is 25.5. The van der Waals surface area contributed by atoms with E-state index in [4.69, 9.17) is 0 Å². The maximum Gasteiger partial charge on any atom is 0.217 e. The van der Waals surface area contributed by atoms with Gasteiger partial charge in [-0.1, -0.05) is 12.8 Å². The summed E-state index contributed by atoms with van der Waals surface area (Å²) in [7, 11) is -2.84. The fraction of sp³-hybridized carbons (Fsp3) is 1.00. The molecule has 3 nitrogen and oxygen atoms in total. The van der Waals surface area contributed by atoms with Crippen molar-refractivity contribution in [1.82, 2.24) is 4.31 Å². The summed E-state index contributed by atoms with van der Waals surface area (Å²) >= 11 is 0. The highest BCUT2D eigenvalue weighted by molar-refractivity contribution is 7.90. The van der Waals surface area contributed by atoms with Crippen molar-refractivity contribution in [1.29, 1.82) is 0 Å². The van der Waals surface area contributed by atoms with Crippen molar-refractivity contribution in [2.75, 3.05) is 0 Å². The molecule has 0 spiro atoms. The van der Waals surface area contributed by atoms with E-state index in [0.29, 0.717) is 12.1 Å². The summed E-state index contributed by atoms with van der Waals surface area (Å²) in [5.74, 6) is 0. The van der Waals surface area contributed by atoms with Crippen molar-refractivity contribution in [3.05, 3.63) is 0 Å². The molecule has 13 heavy (non-hydrogen) atoms. The SMILES string of the molecule is O=S(=O)(C1CC1)N1C2CCCCC21. The minimum atomic E-state index is -2.84. The van der Waals surface area contributed by atoms with Gasteiger partial charge in [-0.25, -0.2) is 8.42 Å². The minimum Gasteiger partial charge on any atom is -0.212 e. The van der Waals surface area contributed by atoms with Crippen molar-refractivity contribution in [3.8, 4) is 0 Å². The molecule has 0 radical (unpaired) electrons. The van der Waals surface area contributed by atoms with Crippen LogP contribution in [0.5, 0.6) is 0 Å². The van der Waals surface area contributed by atoms with E-state index < -0.39 is 10.0 Å². The van der Waals surface area contributed by atoms with Crippen LogP contribution >= 0.6 is 0 Å². The predicted octanol–water partition coefficient (Wildman–Crippen LogP) is 1.11. The third-order valence-electron chi connectivity index (χ3n) is 3.50. The van der Waals surface area contributed by atoms with Gasteiger partial charge >= 0.3 is 0 Å². The smallest absolute Gasteiger partial charge is 0.212 e. The van der Waals surface area contributed by atoms with Crippen molar-refractivity contribution in [3.63, 3.8) is 0 Å². The second kappa shape index (κ2) is 2.48. The Morgan fingerprint density at radius 1 is 0.923 bits per heavy atom. The van der Waals surface area contributed by atoms with Crippen LogP contribution < -0.4 is 0 Å². The molecule has 2 aliphatic carbocycles. The molecule has 3 aliphatic rings. The molecule has 74 valence electrons. The fourth-order valence-corrected chi connectivity index (χ4v) is 4.84. The summed E-state index contributed by atoms with van der Waals surface area (Å²) in [4.78, 5) is 0. The van der Waals surface area contributed by atoms with Gasteiger partial charge in [0, 0.05) is 12.1 Å². The first-order chi connectivity index (χ1) is 6.21. The Labute approximate surface area is 79.2 Å². The van der Waals surface area contributed by atoms with Crippen LogP contribution in [0.4, 0.5) is 0 Å². The molecular weight excluding hydrogens is 186 g/mol. The van der Waals surface area contributed by atoms with Gasteiger partial charge in [0.1, 0.15) is 0 Å². The lowest BCUT2D eigenvalue weighted by molar-refractivity contribution is 0.543. The molecule has 0 N–H and O–H groups in total. The van der Waals surface area contributed by atoms with Gasteiger partial charge in [0.15, 0.2) is 0 Å². The Bertz CT molecular complexity index is 309. The van der Waals surface area contributed by atoms with Crippen molar-refractivity contribution in [2.45, 2.75) is 55.9 Å². The largest absolute Gasteiger partial charge is 0.217 e. The van der Waals surface area contributed by atoms with E-state index in [1.54, 1.807) is 4.31 Å². The van der Waals surface area contributed by atoms with Gasteiger partial charge in [-0.3, -0.25) is 0 Å². The maximum absolute atomic E-state index is 11.8. The second-order valence-electron chi connectivity index (χ2n) is 4.49. The molecule has 0 amide bonds. The fourth-order valence-electron chi connectivity index (χ4n) is 2.57. The first-order valence-corrected chi connectivity index (χ1v) is 6.74. The normalized spacial score (nSPS) is 44.2. The molecular formula is C9H15NO2S. The lowest BCUT2D eigenvalue weighted by Gasteiger charge is -2.02. The highest BCUT2D eigenvalue weighted by Gasteiger charge is 2.58. The van der Waals surface area contributed by atoms with Crippen LogP contribution in [0.1, 0.15) is 38.5 Å². The lowest BCUT2D eigenvalue weighted by Crippen LogP contribution is -2.19. The van der Waals surface area contributed by atoms with Crippen LogP contribution in [0, 0.1) is 0 Å². The molecule has 3 rings (SSSR count). The summed E-state index contributed by atoms with van der Waals surface area (Å²) in [5.41, 5.74) is 0. The Hall–Kier alpha value is -0.0900. The maximum atomic E-state index is 11.8. The number of hydrogen-bond donors (Lipinski definition) is 0. The standard InChI is InChI=1S/C9H15NO2S/c11-13(12,7-5-6-7)10-8-3-1-2-4-9(8)10/h7-9H,1-6H2. The molecule has 1 heterocycles. The molecule has 2 atom stereocenters. The summed E-state index contributed by atoms with van der Waals surface area (Å²) in [6.07, 6.45) is 6.46. The van der Waals surface area contributed by atoms with Gasteiger partial charge in [0.2, 0.25) is 10.0 Å². The Morgan fingerprint density at radius 3 is 1.92 bits per heavy atom. The molecule has 0 bridgehead atoms. The number of nitrogens with zero attached hydrogens (tertiary/aromatic N) is 1. The van der Waals surface area contributed by atoms with E-state index in [1.807, 2.05) is 0 Å². The highest BCUT2D eigenvalue weighted by atomic mass is 32.2. The quantitative estimate of drug-likeness (QED) is 0.627. The molecule has 0 aromatic heterocycles. The number of sulfonamides is 1. The van der Waals surface area contributed by atoms with E-state index in [2.05, 4.69) is 0 Å². The minimum absolute atomic E-state index is 0.00176. The molecule has 0 aromatic rings. The zero-order valence-electron chi connectivity index (χ0n) is 7.65. The monoisotopic (exact) mass is 201 g/mol.